The number of pyridine rings is 1. The molecule has 0 aliphatic rings. The van der Waals surface area contributed by atoms with Gasteiger partial charge >= 0.3 is 0 Å². The predicted molar refractivity (Wildman–Crippen MR) is 83.7 cm³/mol. The van der Waals surface area contributed by atoms with Gasteiger partial charge in [0.1, 0.15) is 0 Å². The Morgan fingerprint density at radius 1 is 1.19 bits per heavy atom. The van der Waals surface area contributed by atoms with Crippen LogP contribution in [0.25, 0.3) is 0 Å². The van der Waals surface area contributed by atoms with Crippen LogP contribution in [0.4, 0.5) is 0 Å². The first-order chi connectivity index (χ1) is 10.2. The van der Waals surface area contributed by atoms with Crippen molar-refractivity contribution in [3.05, 3.63) is 65.5 Å². The molecule has 0 saturated heterocycles. The predicted octanol–water partition coefficient (Wildman–Crippen LogP) is 2.36. The Balaban J connectivity index is 1.77. The maximum atomic E-state index is 11.8. The van der Waals surface area contributed by atoms with E-state index in [9.17, 15) is 4.79 Å². The van der Waals surface area contributed by atoms with Crippen LogP contribution in [-0.4, -0.2) is 17.4 Å². The number of nitrogens with zero attached hydrogens (tertiary/aromatic N) is 1. The molecule has 0 fully saturated rings. The van der Waals surface area contributed by atoms with Gasteiger partial charge in [0.05, 0.1) is 18.8 Å². The second-order valence-electron chi connectivity index (χ2n) is 5.06. The molecule has 0 spiro atoms. The average molecular weight is 283 g/mol. The molecule has 2 N–H and O–H groups in total. The number of nitrogens with one attached hydrogen (secondary N) is 2. The Morgan fingerprint density at radius 2 is 1.95 bits per heavy atom. The number of hydrogen-bond donors (Lipinski definition) is 2. The van der Waals surface area contributed by atoms with Crippen molar-refractivity contribution in [2.45, 2.75) is 26.4 Å². The van der Waals surface area contributed by atoms with E-state index >= 15 is 0 Å². The third-order valence-corrected chi connectivity index (χ3v) is 3.42. The molecule has 1 heterocycles. The van der Waals surface area contributed by atoms with Crippen molar-refractivity contribution in [1.29, 1.82) is 0 Å². The largest absolute Gasteiger partial charge is 0.349 e. The Kier molecular flexibility index (Phi) is 5.46. The van der Waals surface area contributed by atoms with Gasteiger partial charge in [-0.05, 0) is 37.1 Å². The lowest BCUT2D eigenvalue weighted by atomic mass is 10.0. The Bertz CT molecular complexity index is 584. The zero-order valence-electron chi connectivity index (χ0n) is 12.5. The molecule has 1 amide bonds. The SMILES string of the molecule is Cc1ccccc1[C@H](C)NCC(=O)NCc1ccccn1. The third-order valence-electron chi connectivity index (χ3n) is 3.42. The minimum atomic E-state index is -0.0268. The van der Waals surface area contributed by atoms with Gasteiger partial charge in [-0.2, -0.15) is 0 Å². The molecule has 0 aliphatic carbocycles. The number of carbonyl (C=O) groups excluding carboxylic acids is 1. The van der Waals surface area contributed by atoms with Crippen LogP contribution in [0.5, 0.6) is 0 Å². The molecule has 2 aromatic rings. The molecule has 21 heavy (non-hydrogen) atoms. The molecule has 0 radical (unpaired) electrons. The van der Waals surface area contributed by atoms with E-state index in [0.717, 1.165) is 5.69 Å². The highest BCUT2D eigenvalue weighted by Gasteiger charge is 2.09. The van der Waals surface area contributed by atoms with Gasteiger partial charge in [-0.15, -0.1) is 0 Å². The Hall–Kier alpha value is -2.20. The minimum Gasteiger partial charge on any atom is -0.349 e. The second kappa shape index (κ2) is 7.55. The number of amides is 1. The smallest absolute Gasteiger partial charge is 0.234 e. The fraction of sp³-hybridized carbons (Fsp3) is 0.294. The molecule has 1 atom stereocenters. The highest BCUT2D eigenvalue weighted by molar-refractivity contribution is 5.77. The fourth-order valence-corrected chi connectivity index (χ4v) is 2.18. The highest BCUT2D eigenvalue weighted by Crippen LogP contribution is 2.16. The molecule has 0 saturated carbocycles. The van der Waals surface area contributed by atoms with Crippen molar-refractivity contribution in [2.24, 2.45) is 0 Å². The van der Waals surface area contributed by atoms with Crippen molar-refractivity contribution in [3.8, 4) is 0 Å². The molecule has 1 aromatic heterocycles. The third kappa shape index (κ3) is 4.68. The van der Waals surface area contributed by atoms with E-state index in [2.05, 4.69) is 41.6 Å². The van der Waals surface area contributed by atoms with Crippen molar-refractivity contribution in [3.63, 3.8) is 0 Å². The van der Waals surface area contributed by atoms with Crippen LogP contribution in [0, 0.1) is 6.92 Å². The summed E-state index contributed by atoms with van der Waals surface area (Å²) in [6, 6.07) is 14.0. The molecule has 0 aliphatic heterocycles. The van der Waals surface area contributed by atoms with E-state index in [0.29, 0.717) is 13.1 Å². The first kappa shape index (κ1) is 15.2. The number of benzene rings is 1. The zero-order chi connectivity index (χ0) is 15.1. The number of carbonyl (C=O) groups is 1. The Morgan fingerprint density at radius 3 is 2.67 bits per heavy atom. The first-order valence-corrected chi connectivity index (χ1v) is 7.12. The highest BCUT2D eigenvalue weighted by atomic mass is 16.1. The maximum absolute atomic E-state index is 11.8. The molecule has 1 aromatic carbocycles. The summed E-state index contributed by atoms with van der Waals surface area (Å²) < 4.78 is 0. The van der Waals surface area contributed by atoms with Gasteiger partial charge < -0.3 is 10.6 Å². The standard InChI is InChI=1S/C17H21N3O/c1-13-7-3-4-9-16(13)14(2)19-12-17(21)20-11-15-8-5-6-10-18-15/h3-10,14,19H,11-12H2,1-2H3,(H,20,21)/t14-/m0/s1. The van der Waals surface area contributed by atoms with E-state index in [4.69, 9.17) is 0 Å². The monoisotopic (exact) mass is 283 g/mol. The Labute approximate surface area is 125 Å². The summed E-state index contributed by atoms with van der Waals surface area (Å²) in [5.74, 6) is -0.0268. The molecule has 0 unspecified atom stereocenters. The minimum absolute atomic E-state index is 0.0268. The number of aromatic nitrogens is 1. The summed E-state index contributed by atoms with van der Waals surface area (Å²) in [7, 11) is 0. The van der Waals surface area contributed by atoms with Gasteiger partial charge in [0.2, 0.25) is 5.91 Å². The topological polar surface area (TPSA) is 54.0 Å². The fourth-order valence-electron chi connectivity index (χ4n) is 2.18. The number of rotatable bonds is 6. The number of hydrogen-bond acceptors (Lipinski definition) is 3. The normalized spacial score (nSPS) is 11.9. The lowest BCUT2D eigenvalue weighted by Crippen LogP contribution is -2.35. The molecule has 2 rings (SSSR count). The lowest BCUT2D eigenvalue weighted by molar-refractivity contribution is -0.120. The molecule has 4 nitrogen and oxygen atoms in total. The lowest BCUT2D eigenvalue weighted by Gasteiger charge is -2.16. The summed E-state index contributed by atoms with van der Waals surface area (Å²) in [5, 5.41) is 6.10. The molecule has 110 valence electrons. The number of aryl methyl sites for hydroxylation is 1. The molecule has 4 heteroatoms. The summed E-state index contributed by atoms with van der Waals surface area (Å²) in [5.41, 5.74) is 3.30. The zero-order valence-corrected chi connectivity index (χ0v) is 12.5. The van der Waals surface area contributed by atoms with Crippen LogP contribution >= 0.6 is 0 Å². The van der Waals surface area contributed by atoms with E-state index < -0.39 is 0 Å². The van der Waals surface area contributed by atoms with Gasteiger partial charge in [0, 0.05) is 12.2 Å². The van der Waals surface area contributed by atoms with E-state index in [1.54, 1.807) is 6.20 Å². The van der Waals surface area contributed by atoms with E-state index in [-0.39, 0.29) is 11.9 Å². The molecular formula is C17H21N3O. The quantitative estimate of drug-likeness (QED) is 0.855. The van der Waals surface area contributed by atoms with Crippen molar-refractivity contribution in [1.82, 2.24) is 15.6 Å². The van der Waals surface area contributed by atoms with Gasteiger partial charge in [0.25, 0.3) is 0 Å². The van der Waals surface area contributed by atoms with Crippen LogP contribution in [0.3, 0.4) is 0 Å². The van der Waals surface area contributed by atoms with Crippen molar-refractivity contribution in [2.75, 3.05) is 6.54 Å². The summed E-state index contributed by atoms with van der Waals surface area (Å²) in [6.45, 7) is 4.89. The van der Waals surface area contributed by atoms with E-state index in [1.165, 1.54) is 11.1 Å². The van der Waals surface area contributed by atoms with E-state index in [1.807, 2.05) is 30.3 Å². The van der Waals surface area contributed by atoms with Crippen molar-refractivity contribution < 1.29 is 4.79 Å². The van der Waals surface area contributed by atoms with Crippen LogP contribution in [0.15, 0.2) is 48.7 Å². The second-order valence-corrected chi connectivity index (χ2v) is 5.06. The first-order valence-electron chi connectivity index (χ1n) is 7.12. The molecule has 0 bridgehead atoms. The summed E-state index contributed by atoms with van der Waals surface area (Å²) in [6.07, 6.45) is 1.72. The van der Waals surface area contributed by atoms with Crippen LogP contribution in [0.2, 0.25) is 0 Å². The molecular weight excluding hydrogens is 262 g/mol. The van der Waals surface area contributed by atoms with Crippen LogP contribution in [0.1, 0.15) is 29.8 Å². The van der Waals surface area contributed by atoms with Crippen LogP contribution < -0.4 is 10.6 Å². The van der Waals surface area contributed by atoms with Gasteiger partial charge in [-0.3, -0.25) is 9.78 Å². The van der Waals surface area contributed by atoms with Crippen molar-refractivity contribution >= 4 is 5.91 Å². The average Bonchev–Trinajstić information content (AvgIpc) is 2.52. The van der Waals surface area contributed by atoms with Crippen LogP contribution in [-0.2, 0) is 11.3 Å². The summed E-state index contributed by atoms with van der Waals surface area (Å²) >= 11 is 0. The summed E-state index contributed by atoms with van der Waals surface area (Å²) in [4.78, 5) is 16.0. The maximum Gasteiger partial charge on any atom is 0.234 e. The van der Waals surface area contributed by atoms with Gasteiger partial charge in [-0.1, -0.05) is 30.3 Å². The van der Waals surface area contributed by atoms with Gasteiger partial charge in [0.15, 0.2) is 0 Å². The van der Waals surface area contributed by atoms with Gasteiger partial charge in [-0.25, -0.2) is 0 Å².